The molecule has 0 saturated carbocycles. The maximum absolute atomic E-state index is 8.93. The second-order valence-corrected chi connectivity index (χ2v) is 4.17. The van der Waals surface area contributed by atoms with Crippen LogP contribution in [0.5, 0.6) is 5.75 Å². The van der Waals surface area contributed by atoms with Crippen molar-refractivity contribution in [1.82, 2.24) is 0 Å². The van der Waals surface area contributed by atoms with Gasteiger partial charge in [-0.2, -0.15) is 5.26 Å². The highest BCUT2D eigenvalue weighted by atomic mass is 16.5. The minimum absolute atomic E-state index is 0.411. The Balaban J connectivity index is 2.64. The highest BCUT2D eigenvalue weighted by Gasteiger charge is 2.05. The summed E-state index contributed by atoms with van der Waals surface area (Å²) in [5.74, 6) is 0.818. The summed E-state index contributed by atoms with van der Waals surface area (Å²) < 4.78 is 5.23. The van der Waals surface area contributed by atoms with Gasteiger partial charge in [0.15, 0.2) is 0 Å². The van der Waals surface area contributed by atoms with E-state index < -0.39 is 0 Å². The number of hydrogen-bond acceptors (Lipinski definition) is 2. The zero-order chi connectivity index (χ0) is 13.0. The third kappa shape index (κ3) is 2.36. The van der Waals surface area contributed by atoms with Crippen molar-refractivity contribution < 1.29 is 4.74 Å². The lowest BCUT2D eigenvalue weighted by Gasteiger charge is -2.09. The van der Waals surface area contributed by atoms with E-state index in [1.807, 2.05) is 24.3 Å². The molecular formula is C16H15NO. The SMILES string of the molecule is C=CCc1cc(CC#N)c2cc(OC)ccc2c1. The van der Waals surface area contributed by atoms with Crippen molar-refractivity contribution >= 4 is 10.8 Å². The molecule has 0 bridgehead atoms. The lowest BCUT2D eigenvalue weighted by molar-refractivity contribution is 0.415. The first-order valence-electron chi connectivity index (χ1n) is 5.86. The van der Waals surface area contributed by atoms with Crippen LogP contribution in [0.25, 0.3) is 10.8 Å². The van der Waals surface area contributed by atoms with E-state index >= 15 is 0 Å². The van der Waals surface area contributed by atoms with Crippen molar-refractivity contribution in [2.75, 3.05) is 7.11 Å². The normalized spacial score (nSPS) is 10.0. The van der Waals surface area contributed by atoms with Crippen molar-refractivity contribution in [3.05, 3.63) is 54.1 Å². The van der Waals surface area contributed by atoms with E-state index in [2.05, 4.69) is 24.8 Å². The standard InChI is InChI=1S/C16H15NO/c1-3-4-12-9-13-5-6-15(18-2)11-16(13)14(10-12)7-8-17/h3,5-6,9-11H,1,4,7H2,2H3. The Hall–Kier alpha value is -2.27. The molecule has 0 amide bonds. The summed E-state index contributed by atoms with van der Waals surface area (Å²) in [6, 6.07) is 12.4. The van der Waals surface area contributed by atoms with Crippen LogP contribution in [0, 0.1) is 11.3 Å². The molecule has 2 aromatic rings. The number of nitrogens with zero attached hydrogens (tertiary/aromatic N) is 1. The second-order valence-electron chi connectivity index (χ2n) is 4.17. The van der Waals surface area contributed by atoms with E-state index in [0.29, 0.717) is 6.42 Å². The largest absolute Gasteiger partial charge is 0.497 e. The smallest absolute Gasteiger partial charge is 0.119 e. The van der Waals surface area contributed by atoms with Crippen molar-refractivity contribution in [2.24, 2.45) is 0 Å². The molecule has 0 atom stereocenters. The van der Waals surface area contributed by atoms with Gasteiger partial charge in [0.2, 0.25) is 0 Å². The summed E-state index contributed by atoms with van der Waals surface area (Å²) in [6.07, 6.45) is 3.11. The van der Waals surface area contributed by atoms with Crippen LogP contribution >= 0.6 is 0 Å². The number of methoxy groups -OCH3 is 1. The molecule has 0 spiro atoms. The van der Waals surface area contributed by atoms with Crippen molar-refractivity contribution in [2.45, 2.75) is 12.8 Å². The lowest BCUT2D eigenvalue weighted by atomic mass is 9.97. The Kier molecular flexibility index (Phi) is 3.64. The first-order valence-corrected chi connectivity index (χ1v) is 5.86. The maximum Gasteiger partial charge on any atom is 0.119 e. The topological polar surface area (TPSA) is 33.0 Å². The molecule has 18 heavy (non-hydrogen) atoms. The number of ether oxygens (including phenoxy) is 1. The van der Waals surface area contributed by atoms with Crippen molar-refractivity contribution in [3.8, 4) is 11.8 Å². The fourth-order valence-electron chi connectivity index (χ4n) is 2.13. The van der Waals surface area contributed by atoms with E-state index in [9.17, 15) is 0 Å². The zero-order valence-corrected chi connectivity index (χ0v) is 10.4. The van der Waals surface area contributed by atoms with Gasteiger partial charge in [0.05, 0.1) is 19.6 Å². The van der Waals surface area contributed by atoms with Crippen LogP contribution in [0.15, 0.2) is 43.0 Å². The molecule has 0 fully saturated rings. The number of rotatable bonds is 4. The summed E-state index contributed by atoms with van der Waals surface area (Å²) in [6.45, 7) is 3.75. The highest BCUT2D eigenvalue weighted by molar-refractivity contribution is 5.88. The number of nitriles is 1. The number of hydrogen-bond donors (Lipinski definition) is 0. The van der Waals surface area contributed by atoms with Gasteiger partial charge in [0, 0.05) is 0 Å². The zero-order valence-electron chi connectivity index (χ0n) is 10.4. The summed E-state index contributed by atoms with van der Waals surface area (Å²) in [5.41, 5.74) is 2.23. The lowest BCUT2D eigenvalue weighted by Crippen LogP contribution is -1.91. The first kappa shape index (κ1) is 12.2. The van der Waals surface area contributed by atoms with Crippen LogP contribution in [0.2, 0.25) is 0 Å². The fraction of sp³-hybridized carbons (Fsp3) is 0.188. The van der Waals surface area contributed by atoms with Gasteiger partial charge in [-0.15, -0.1) is 6.58 Å². The van der Waals surface area contributed by atoms with Crippen LogP contribution in [0.3, 0.4) is 0 Å². The molecule has 0 radical (unpaired) electrons. The van der Waals surface area contributed by atoms with Gasteiger partial charge in [-0.05, 0) is 40.5 Å². The minimum Gasteiger partial charge on any atom is -0.497 e. The fourth-order valence-corrected chi connectivity index (χ4v) is 2.13. The molecule has 0 unspecified atom stereocenters. The average molecular weight is 237 g/mol. The van der Waals surface area contributed by atoms with Gasteiger partial charge in [-0.1, -0.05) is 24.3 Å². The minimum atomic E-state index is 0.411. The monoisotopic (exact) mass is 237 g/mol. The molecule has 0 aliphatic carbocycles. The Morgan fingerprint density at radius 3 is 2.83 bits per heavy atom. The van der Waals surface area contributed by atoms with Crippen LogP contribution in [-0.2, 0) is 12.8 Å². The molecule has 90 valence electrons. The van der Waals surface area contributed by atoms with E-state index in [1.165, 1.54) is 5.56 Å². The first-order chi connectivity index (χ1) is 8.78. The quantitative estimate of drug-likeness (QED) is 0.760. The molecular weight excluding hydrogens is 222 g/mol. The van der Waals surface area contributed by atoms with E-state index in [4.69, 9.17) is 10.00 Å². The van der Waals surface area contributed by atoms with Gasteiger partial charge >= 0.3 is 0 Å². The predicted octanol–water partition coefficient (Wildman–Crippen LogP) is 3.64. The molecule has 0 aliphatic heterocycles. The third-order valence-corrected chi connectivity index (χ3v) is 2.96. The third-order valence-electron chi connectivity index (χ3n) is 2.96. The molecule has 0 aliphatic rings. The number of allylic oxidation sites excluding steroid dienone is 1. The van der Waals surface area contributed by atoms with E-state index in [1.54, 1.807) is 7.11 Å². The van der Waals surface area contributed by atoms with Gasteiger partial charge in [-0.25, -0.2) is 0 Å². The number of fused-ring (bicyclic) bond motifs is 1. The van der Waals surface area contributed by atoms with Crippen molar-refractivity contribution in [1.29, 1.82) is 5.26 Å². The highest BCUT2D eigenvalue weighted by Crippen LogP contribution is 2.26. The Morgan fingerprint density at radius 2 is 2.17 bits per heavy atom. The van der Waals surface area contributed by atoms with Gasteiger partial charge in [-0.3, -0.25) is 0 Å². The molecule has 0 aromatic heterocycles. The number of benzene rings is 2. The second kappa shape index (κ2) is 5.37. The van der Waals surface area contributed by atoms with Gasteiger partial charge < -0.3 is 4.74 Å². The van der Waals surface area contributed by atoms with Gasteiger partial charge in [0.1, 0.15) is 5.75 Å². The average Bonchev–Trinajstić information content (AvgIpc) is 2.39. The molecule has 2 heteroatoms. The Morgan fingerprint density at radius 1 is 1.33 bits per heavy atom. The maximum atomic E-state index is 8.93. The van der Waals surface area contributed by atoms with Crippen LogP contribution < -0.4 is 4.74 Å². The van der Waals surface area contributed by atoms with Gasteiger partial charge in [0.25, 0.3) is 0 Å². The molecule has 0 N–H and O–H groups in total. The van der Waals surface area contributed by atoms with Crippen molar-refractivity contribution in [3.63, 3.8) is 0 Å². The Labute approximate surface area is 107 Å². The Bertz CT molecular complexity index is 623. The molecule has 2 aromatic carbocycles. The van der Waals surface area contributed by atoms with Crippen LogP contribution in [-0.4, -0.2) is 7.11 Å². The van der Waals surface area contributed by atoms with Crippen LogP contribution in [0.4, 0.5) is 0 Å². The molecule has 2 nitrogen and oxygen atoms in total. The summed E-state index contributed by atoms with van der Waals surface area (Å²) >= 11 is 0. The molecule has 0 saturated heterocycles. The van der Waals surface area contributed by atoms with Crippen LogP contribution in [0.1, 0.15) is 11.1 Å². The van der Waals surface area contributed by atoms with E-state index in [-0.39, 0.29) is 0 Å². The van der Waals surface area contributed by atoms with E-state index in [0.717, 1.165) is 28.5 Å². The summed E-state index contributed by atoms with van der Waals surface area (Å²) in [7, 11) is 1.65. The molecule has 2 rings (SSSR count). The summed E-state index contributed by atoms with van der Waals surface area (Å²) in [5, 5.41) is 11.2. The summed E-state index contributed by atoms with van der Waals surface area (Å²) in [4.78, 5) is 0. The molecule has 0 heterocycles. The predicted molar refractivity (Wildman–Crippen MR) is 73.7 cm³/mol.